The summed E-state index contributed by atoms with van der Waals surface area (Å²) in [5.74, 6) is -0.349. The van der Waals surface area contributed by atoms with E-state index < -0.39 is 16.7 Å². The van der Waals surface area contributed by atoms with E-state index in [1.807, 2.05) is 30.3 Å². The predicted octanol–water partition coefficient (Wildman–Crippen LogP) is 1.68. The van der Waals surface area contributed by atoms with Crippen LogP contribution in [0.5, 0.6) is 0 Å². The van der Waals surface area contributed by atoms with E-state index in [1.165, 1.54) is 0 Å². The van der Waals surface area contributed by atoms with E-state index in [1.54, 1.807) is 12.5 Å². The molecule has 1 aromatic heterocycles. The van der Waals surface area contributed by atoms with Gasteiger partial charge in [-0.05, 0) is 17.2 Å². The predicted molar refractivity (Wildman–Crippen MR) is 70.1 cm³/mol. The number of carbonyl (C=O) groups is 1. The lowest BCUT2D eigenvalue weighted by atomic mass is 10.0. The number of rotatable bonds is 5. The number of amides is 1. The number of nitrogens with two attached hydrogens (primary N) is 1. The minimum absolute atomic E-state index is 0.111. The Labute approximate surface area is 107 Å². The van der Waals surface area contributed by atoms with Gasteiger partial charge in [-0.15, -0.1) is 0 Å². The molecule has 1 amide bonds. The highest BCUT2D eigenvalue weighted by Gasteiger charge is 2.10. The Bertz CT molecular complexity index is 563. The van der Waals surface area contributed by atoms with Gasteiger partial charge in [-0.2, -0.15) is 0 Å². The third-order valence-corrected chi connectivity index (χ3v) is 3.71. The Kier molecular flexibility index (Phi) is 3.94. The fourth-order valence-electron chi connectivity index (χ4n) is 1.73. The van der Waals surface area contributed by atoms with Crippen molar-refractivity contribution >= 4 is 16.7 Å². The molecule has 2 aromatic rings. The van der Waals surface area contributed by atoms with E-state index >= 15 is 0 Å². The smallest absolute Gasteiger partial charge is 0.230 e. The molecule has 0 bridgehead atoms. The second-order valence-electron chi connectivity index (χ2n) is 3.86. The monoisotopic (exact) mass is 263 g/mol. The molecule has 1 atom stereocenters. The van der Waals surface area contributed by atoms with E-state index in [-0.39, 0.29) is 5.75 Å². The molecule has 0 aliphatic carbocycles. The Hall–Kier alpha value is -1.88. The summed E-state index contributed by atoms with van der Waals surface area (Å²) < 4.78 is 16.8. The van der Waals surface area contributed by atoms with Crippen LogP contribution in [-0.4, -0.2) is 15.9 Å². The first-order chi connectivity index (χ1) is 8.66. The summed E-state index contributed by atoms with van der Waals surface area (Å²) in [6.07, 6.45) is 3.22. The Morgan fingerprint density at radius 1 is 1.28 bits per heavy atom. The van der Waals surface area contributed by atoms with Crippen LogP contribution >= 0.6 is 0 Å². The van der Waals surface area contributed by atoms with Gasteiger partial charge in [0.2, 0.25) is 5.91 Å². The molecule has 1 aromatic carbocycles. The highest BCUT2D eigenvalue weighted by atomic mass is 32.2. The average Bonchev–Trinajstić information content (AvgIpc) is 2.81. The van der Waals surface area contributed by atoms with Gasteiger partial charge in [-0.3, -0.25) is 9.00 Å². The zero-order valence-corrected chi connectivity index (χ0v) is 10.5. The Morgan fingerprint density at radius 2 is 2.06 bits per heavy atom. The molecular formula is C13H13NO3S. The van der Waals surface area contributed by atoms with Crippen molar-refractivity contribution in [1.29, 1.82) is 0 Å². The molecule has 0 aliphatic rings. The summed E-state index contributed by atoms with van der Waals surface area (Å²) in [6.45, 7) is 0. The summed E-state index contributed by atoms with van der Waals surface area (Å²) in [6, 6.07) is 9.45. The van der Waals surface area contributed by atoms with Crippen molar-refractivity contribution in [3.8, 4) is 11.1 Å². The van der Waals surface area contributed by atoms with Gasteiger partial charge in [0.25, 0.3) is 0 Å². The number of carbonyl (C=O) groups excluding carboxylic acids is 1. The molecule has 94 valence electrons. The molecule has 0 saturated heterocycles. The second kappa shape index (κ2) is 5.64. The molecule has 1 heterocycles. The number of furan rings is 1. The van der Waals surface area contributed by atoms with Crippen LogP contribution in [0.1, 0.15) is 5.56 Å². The largest absolute Gasteiger partial charge is 0.472 e. The van der Waals surface area contributed by atoms with Crippen LogP contribution in [-0.2, 0) is 21.3 Å². The molecule has 0 radical (unpaired) electrons. The first-order valence-corrected chi connectivity index (χ1v) is 6.89. The summed E-state index contributed by atoms with van der Waals surface area (Å²) in [4.78, 5) is 10.7. The lowest BCUT2D eigenvalue weighted by Crippen LogP contribution is -2.20. The van der Waals surface area contributed by atoms with Gasteiger partial charge in [0.05, 0.1) is 12.5 Å². The molecule has 18 heavy (non-hydrogen) atoms. The fraction of sp³-hybridized carbons (Fsp3) is 0.154. The van der Waals surface area contributed by atoms with E-state index in [2.05, 4.69) is 0 Å². The third-order valence-electron chi connectivity index (χ3n) is 2.47. The van der Waals surface area contributed by atoms with Crippen molar-refractivity contribution in [3.63, 3.8) is 0 Å². The van der Waals surface area contributed by atoms with Crippen LogP contribution in [0.3, 0.4) is 0 Å². The summed E-state index contributed by atoms with van der Waals surface area (Å²) >= 11 is 0. The Morgan fingerprint density at radius 3 is 2.72 bits per heavy atom. The number of primary amides is 1. The fourth-order valence-corrected chi connectivity index (χ4v) is 2.75. The van der Waals surface area contributed by atoms with Crippen LogP contribution < -0.4 is 5.73 Å². The average molecular weight is 263 g/mol. The lowest BCUT2D eigenvalue weighted by Gasteiger charge is -2.06. The maximum absolute atomic E-state index is 11.7. The van der Waals surface area contributed by atoms with Gasteiger partial charge >= 0.3 is 0 Å². The topological polar surface area (TPSA) is 73.3 Å². The van der Waals surface area contributed by atoms with E-state index in [4.69, 9.17) is 10.2 Å². The zero-order valence-electron chi connectivity index (χ0n) is 9.67. The third kappa shape index (κ3) is 3.07. The van der Waals surface area contributed by atoms with Crippen molar-refractivity contribution < 1.29 is 13.4 Å². The van der Waals surface area contributed by atoms with Crippen LogP contribution in [0.4, 0.5) is 0 Å². The zero-order chi connectivity index (χ0) is 13.0. The maximum atomic E-state index is 11.7. The SMILES string of the molecule is NC(=O)C[S@](=O)Cc1ccccc1-c1ccoc1. The molecule has 5 heteroatoms. The minimum Gasteiger partial charge on any atom is -0.472 e. The van der Waals surface area contributed by atoms with Gasteiger partial charge in [0, 0.05) is 22.1 Å². The summed E-state index contributed by atoms with van der Waals surface area (Å²) in [5.41, 5.74) is 7.84. The van der Waals surface area contributed by atoms with Crippen molar-refractivity contribution in [3.05, 3.63) is 48.4 Å². The normalized spacial score (nSPS) is 12.2. The van der Waals surface area contributed by atoms with E-state index in [0.717, 1.165) is 16.7 Å². The molecule has 2 rings (SSSR count). The molecule has 4 nitrogen and oxygen atoms in total. The number of hydrogen-bond acceptors (Lipinski definition) is 3. The van der Waals surface area contributed by atoms with Gasteiger partial charge in [0.1, 0.15) is 5.75 Å². The maximum Gasteiger partial charge on any atom is 0.230 e. The molecule has 0 unspecified atom stereocenters. The summed E-state index contributed by atoms with van der Waals surface area (Å²) in [7, 11) is -1.28. The molecule has 0 fully saturated rings. The first kappa shape index (κ1) is 12.6. The molecule has 2 N–H and O–H groups in total. The van der Waals surface area contributed by atoms with Crippen LogP contribution in [0.2, 0.25) is 0 Å². The van der Waals surface area contributed by atoms with Crippen LogP contribution in [0.15, 0.2) is 47.3 Å². The quantitative estimate of drug-likeness (QED) is 0.892. The standard InChI is InChI=1S/C13H13NO3S/c14-13(15)9-18(16)8-11-3-1-2-4-12(11)10-5-6-17-7-10/h1-7H,8-9H2,(H2,14,15)/t18-/m1/s1. The summed E-state index contributed by atoms with van der Waals surface area (Å²) in [5, 5.41) is 0. The van der Waals surface area contributed by atoms with Crippen molar-refractivity contribution in [2.45, 2.75) is 5.75 Å². The molecule has 0 aliphatic heterocycles. The van der Waals surface area contributed by atoms with Gasteiger partial charge in [0.15, 0.2) is 0 Å². The van der Waals surface area contributed by atoms with Gasteiger partial charge in [-0.25, -0.2) is 0 Å². The van der Waals surface area contributed by atoms with Crippen molar-refractivity contribution in [1.82, 2.24) is 0 Å². The van der Waals surface area contributed by atoms with Crippen LogP contribution in [0.25, 0.3) is 11.1 Å². The molecular weight excluding hydrogens is 250 g/mol. The highest BCUT2D eigenvalue weighted by molar-refractivity contribution is 7.84. The van der Waals surface area contributed by atoms with Gasteiger partial charge in [-0.1, -0.05) is 24.3 Å². The van der Waals surface area contributed by atoms with Crippen molar-refractivity contribution in [2.75, 3.05) is 5.75 Å². The number of benzene rings is 1. The Balaban J connectivity index is 2.23. The second-order valence-corrected chi connectivity index (χ2v) is 5.32. The van der Waals surface area contributed by atoms with Gasteiger partial charge < -0.3 is 10.2 Å². The molecule has 0 saturated carbocycles. The first-order valence-electron chi connectivity index (χ1n) is 5.40. The number of hydrogen-bond donors (Lipinski definition) is 1. The highest BCUT2D eigenvalue weighted by Crippen LogP contribution is 2.24. The molecule has 0 spiro atoms. The minimum atomic E-state index is -1.28. The van der Waals surface area contributed by atoms with Crippen LogP contribution in [0, 0.1) is 0 Å². The van der Waals surface area contributed by atoms with Crippen molar-refractivity contribution in [2.24, 2.45) is 5.73 Å². The van der Waals surface area contributed by atoms with E-state index in [9.17, 15) is 9.00 Å². The lowest BCUT2D eigenvalue weighted by molar-refractivity contribution is -0.115. The van der Waals surface area contributed by atoms with E-state index in [0.29, 0.717) is 5.75 Å².